The second-order valence-corrected chi connectivity index (χ2v) is 5.51. The fraction of sp³-hybridized carbons (Fsp3) is 0.533. The van der Waals surface area contributed by atoms with Gasteiger partial charge in [-0.15, -0.1) is 0 Å². The van der Waals surface area contributed by atoms with Crippen LogP contribution in [0, 0.1) is 11.7 Å². The predicted molar refractivity (Wildman–Crippen MR) is 73.3 cm³/mol. The topological polar surface area (TPSA) is 23.6 Å². The van der Waals surface area contributed by atoms with Crippen molar-refractivity contribution in [2.24, 2.45) is 5.92 Å². The highest BCUT2D eigenvalue weighted by Crippen LogP contribution is 2.20. The zero-order valence-electron chi connectivity index (χ0n) is 11.6. The molecule has 1 aromatic carbocycles. The van der Waals surface area contributed by atoms with Crippen LogP contribution in [0.15, 0.2) is 24.3 Å². The van der Waals surface area contributed by atoms with Crippen LogP contribution in [0.3, 0.4) is 0 Å². The SMILES string of the molecule is CN(C)C(=O)CN1CCC(Cc2ccc(F)cc2)C1. The highest BCUT2D eigenvalue weighted by molar-refractivity contribution is 5.77. The van der Waals surface area contributed by atoms with E-state index in [4.69, 9.17) is 0 Å². The van der Waals surface area contributed by atoms with Crippen LogP contribution in [-0.2, 0) is 11.2 Å². The Morgan fingerprint density at radius 1 is 1.37 bits per heavy atom. The molecule has 0 N–H and O–H groups in total. The lowest BCUT2D eigenvalue weighted by molar-refractivity contribution is -0.129. The van der Waals surface area contributed by atoms with Gasteiger partial charge in [-0.3, -0.25) is 9.69 Å². The summed E-state index contributed by atoms with van der Waals surface area (Å²) in [5.74, 6) is 0.538. The zero-order chi connectivity index (χ0) is 13.8. The maximum atomic E-state index is 12.8. The van der Waals surface area contributed by atoms with Crippen LogP contribution >= 0.6 is 0 Å². The van der Waals surface area contributed by atoms with Crippen molar-refractivity contribution >= 4 is 5.91 Å². The number of carbonyl (C=O) groups excluding carboxylic acids is 1. The lowest BCUT2D eigenvalue weighted by Gasteiger charge is -2.18. The molecule has 104 valence electrons. The molecule has 0 radical (unpaired) electrons. The number of halogens is 1. The molecule has 4 heteroatoms. The van der Waals surface area contributed by atoms with Gasteiger partial charge in [0.25, 0.3) is 0 Å². The number of hydrogen-bond donors (Lipinski definition) is 0. The van der Waals surface area contributed by atoms with E-state index in [0.717, 1.165) is 25.9 Å². The molecule has 1 saturated heterocycles. The van der Waals surface area contributed by atoms with E-state index in [9.17, 15) is 9.18 Å². The second kappa shape index (κ2) is 6.15. The Kier molecular flexibility index (Phi) is 4.53. The van der Waals surface area contributed by atoms with E-state index in [1.165, 1.54) is 17.7 Å². The standard InChI is InChI=1S/C15H21FN2O/c1-17(2)15(19)11-18-8-7-13(10-18)9-12-3-5-14(16)6-4-12/h3-6,13H,7-11H2,1-2H3. The molecule has 3 nitrogen and oxygen atoms in total. The van der Waals surface area contributed by atoms with E-state index in [1.807, 2.05) is 12.1 Å². The van der Waals surface area contributed by atoms with Crippen molar-refractivity contribution in [1.29, 1.82) is 0 Å². The first-order valence-electron chi connectivity index (χ1n) is 6.71. The predicted octanol–water partition coefficient (Wildman–Crippen LogP) is 1.78. The zero-order valence-corrected chi connectivity index (χ0v) is 11.6. The van der Waals surface area contributed by atoms with Crippen molar-refractivity contribution in [2.45, 2.75) is 12.8 Å². The number of nitrogens with zero attached hydrogens (tertiary/aromatic N) is 2. The van der Waals surface area contributed by atoms with Crippen LogP contribution in [0.2, 0.25) is 0 Å². The lowest BCUT2D eigenvalue weighted by atomic mass is 9.99. The Bertz CT molecular complexity index is 430. The maximum absolute atomic E-state index is 12.8. The van der Waals surface area contributed by atoms with E-state index < -0.39 is 0 Å². The smallest absolute Gasteiger partial charge is 0.236 e. The molecule has 0 saturated carbocycles. The van der Waals surface area contributed by atoms with Crippen LogP contribution in [-0.4, -0.2) is 49.4 Å². The molecule has 1 unspecified atom stereocenters. The molecule has 19 heavy (non-hydrogen) atoms. The average Bonchev–Trinajstić information content (AvgIpc) is 2.79. The molecule has 1 aliphatic heterocycles. The number of hydrogen-bond acceptors (Lipinski definition) is 2. The summed E-state index contributed by atoms with van der Waals surface area (Å²) in [5, 5.41) is 0. The van der Waals surface area contributed by atoms with E-state index >= 15 is 0 Å². The highest BCUT2D eigenvalue weighted by Gasteiger charge is 2.24. The van der Waals surface area contributed by atoms with Gasteiger partial charge in [0.05, 0.1) is 6.54 Å². The highest BCUT2D eigenvalue weighted by atomic mass is 19.1. The van der Waals surface area contributed by atoms with Crippen molar-refractivity contribution in [3.63, 3.8) is 0 Å². The summed E-state index contributed by atoms with van der Waals surface area (Å²) < 4.78 is 12.8. The average molecular weight is 264 g/mol. The van der Waals surface area contributed by atoms with Crippen molar-refractivity contribution in [3.05, 3.63) is 35.6 Å². The normalized spacial score (nSPS) is 19.6. The second-order valence-electron chi connectivity index (χ2n) is 5.51. The van der Waals surface area contributed by atoms with Crippen LogP contribution in [0.5, 0.6) is 0 Å². The molecule has 1 amide bonds. The van der Waals surface area contributed by atoms with E-state index in [-0.39, 0.29) is 11.7 Å². The summed E-state index contributed by atoms with van der Waals surface area (Å²) in [7, 11) is 3.57. The molecular formula is C15H21FN2O. The monoisotopic (exact) mass is 264 g/mol. The molecule has 0 aromatic heterocycles. The molecular weight excluding hydrogens is 243 g/mol. The Morgan fingerprint density at radius 2 is 2.05 bits per heavy atom. The summed E-state index contributed by atoms with van der Waals surface area (Å²) in [6.45, 7) is 2.44. The molecule has 0 spiro atoms. The number of likely N-dealkylation sites (tertiary alicyclic amines) is 1. The lowest BCUT2D eigenvalue weighted by Crippen LogP contribution is -2.35. The molecule has 1 fully saturated rings. The van der Waals surface area contributed by atoms with Gasteiger partial charge < -0.3 is 4.90 Å². The van der Waals surface area contributed by atoms with Crippen molar-refractivity contribution in [2.75, 3.05) is 33.7 Å². The molecule has 0 aliphatic carbocycles. The number of rotatable bonds is 4. The summed E-state index contributed by atoms with van der Waals surface area (Å²) in [6, 6.07) is 6.72. The Morgan fingerprint density at radius 3 is 2.68 bits per heavy atom. The summed E-state index contributed by atoms with van der Waals surface area (Å²) >= 11 is 0. The number of benzene rings is 1. The van der Waals surface area contributed by atoms with Crippen LogP contribution in [0.25, 0.3) is 0 Å². The van der Waals surface area contributed by atoms with Gasteiger partial charge in [0.1, 0.15) is 5.82 Å². The van der Waals surface area contributed by atoms with Gasteiger partial charge in [0.15, 0.2) is 0 Å². The van der Waals surface area contributed by atoms with E-state index in [0.29, 0.717) is 12.5 Å². The Hall–Kier alpha value is -1.42. The number of carbonyl (C=O) groups is 1. The van der Waals surface area contributed by atoms with E-state index in [1.54, 1.807) is 19.0 Å². The third kappa shape index (κ3) is 4.03. The Labute approximate surface area is 114 Å². The third-order valence-electron chi connectivity index (χ3n) is 3.67. The van der Waals surface area contributed by atoms with Gasteiger partial charge in [-0.25, -0.2) is 4.39 Å². The fourth-order valence-electron chi connectivity index (χ4n) is 2.51. The summed E-state index contributed by atoms with van der Waals surface area (Å²) in [4.78, 5) is 15.5. The number of likely N-dealkylation sites (N-methyl/N-ethyl adjacent to an activating group) is 1. The molecule has 0 bridgehead atoms. The van der Waals surface area contributed by atoms with Crippen molar-refractivity contribution in [3.8, 4) is 0 Å². The third-order valence-corrected chi connectivity index (χ3v) is 3.67. The first-order valence-corrected chi connectivity index (χ1v) is 6.71. The van der Waals surface area contributed by atoms with Gasteiger partial charge in [-0.1, -0.05) is 12.1 Å². The van der Waals surface area contributed by atoms with Crippen molar-refractivity contribution in [1.82, 2.24) is 9.80 Å². The molecule has 1 aliphatic rings. The van der Waals surface area contributed by atoms with Crippen molar-refractivity contribution < 1.29 is 9.18 Å². The van der Waals surface area contributed by atoms with Crippen LogP contribution in [0.1, 0.15) is 12.0 Å². The minimum Gasteiger partial charge on any atom is -0.348 e. The quantitative estimate of drug-likeness (QED) is 0.827. The first kappa shape index (κ1) is 14.0. The van der Waals surface area contributed by atoms with Gasteiger partial charge in [0.2, 0.25) is 5.91 Å². The first-order chi connectivity index (χ1) is 9.04. The number of amides is 1. The van der Waals surface area contributed by atoms with Crippen LogP contribution < -0.4 is 0 Å². The van der Waals surface area contributed by atoms with Gasteiger partial charge in [0, 0.05) is 20.6 Å². The largest absolute Gasteiger partial charge is 0.348 e. The van der Waals surface area contributed by atoms with Gasteiger partial charge in [-0.05, 0) is 43.0 Å². The molecule has 1 atom stereocenters. The Balaban J connectivity index is 1.82. The van der Waals surface area contributed by atoms with Gasteiger partial charge in [-0.2, -0.15) is 0 Å². The molecule has 1 heterocycles. The van der Waals surface area contributed by atoms with Crippen LogP contribution in [0.4, 0.5) is 4.39 Å². The summed E-state index contributed by atoms with van der Waals surface area (Å²) in [5.41, 5.74) is 1.17. The summed E-state index contributed by atoms with van der Waals surface area (Å²) in [6.07, 6.45) is 2.07. The molecule has 2 rings (SSSR count). The minimum absolute atomic E-state index is 0.155. The van der Waals surface area contributed by atoms with E-state index in [2.05, 4.69) is 4.90 Å². The van der Waals surface area contributed by atoms with Gasteiger partial charge >= 0.3 is 0 Å². The molecule has 1 aromatic rings. The minimum atomic E-state index is -0.187. The maximum Gasteiger partial charge on any atom is 0.236 e. The fourth-order valence-corrected chi connectivity index (χ4v) is 2.51.